The molecule has 1 aliphatic rings. The molecule has 3 heterocycles. The average Bonchev–Trinajstić information content (AvgIpc) is 3.46. The molecule has 220 valence electrons. The number of rotatable bonds is 13. The van der Waals surface area contributed by atoms with Crippen molar-refractivity contribution < 1.29 is 42.7 Å². The summed E-state index contributed by atoms with van der Waals surface area (Å²) in [4.78, 5) is 29.5. The second-order valence-corrected chi connectivity index (χ2v) is 11.8. The molecular weight excluding hydrogens is 649 g/mol. The zero-order chi connectivity index (χ0) is 27.8. The first-order chi connectivity index (χ1) is 19.5. The van der Waals surface area contributed by atoms with Crippen molar-refractivity contribution >= 4 is 44.0 Å². The van der Waals surface area contributed by atoms with Gasteiger partial charge in [-0.15, -0.1) is 11.3 Å². The lowest BCUT2D eigenvalue weighted by molar-refractivity contribution is -0.944. The maximum absolute atomic E-state index is 12.5. The first-order valence-electron chi connectivity index (χ1n) is 14.5. The van der Waals surface area contributed by atoms with Gasteiger partial charge in [0.25, 0.3) is 0 Å². The minimum Gasteiger partial charge on any atom is -1.00 e. The molecule has 2 aromatic heterocycles. The topological polar surface area (TPSA) is 71.6 Å². The summed E-state index contributed by atoms with van der Waals surface area (Å²) < 4.78 is 14.0. The van der Waals surface area contributed by atoms with Gasteiger partial charge in [0.1, 0.15) is 5.75 Å². The maximum atomic E-state index is 12.5. The standard InChI is InChI=1S/C32H39N3O4S.HI/c1-2-3-4-10-32(37)39-24-35(19-16-34(17-20-35)29-8-7-9-30-27(29)15-22-40-30)18-5-6-21-38-26-13-11-25-12-14-31(36)33-28(25)23-26;/h7-9,11-15,22-23H,2-6,10,16-21,24H2,1H3;1H. The molecule has 0 spiro atoms. The predicted molar refractivity (Wildman–Crippen MR) is 163 cm³/mol. The number of hydrogen-bond acceptors (Lipinski definition) is 6. The molecule has 1 fully saturated rings. The highest BCUT2D eigenvalue weighted by molar-refractivity contribution is 7.17. The molecule has 4 aromatic rings. The van der Waals surface area contributed by atoms with Crippen LogP contribution in [0.2, 0.25) is 0 Å². The van der Waals surface area contributed by atoms with Crippen LogP contribution >= 0.6 is 11.3 Å². The Morgan fingerprint density at radius 3 is 2.68 bits per heavy atom. The normalized spacial score (nSPS) is 14.6. The monoisotopic (exact) mass is 689 g/mol. The van der Waals surface area contributed by atoms with Crippen molar-refractivity contribution in [3.05, 3.63) is 70.3 Å². The summed E-state index contributed by atoms with van der Waals surface area (Å²) in [5, 5.41) is 4.47. The number of piperazine rings is 1. The van der Waals surface area contributed by atoms with Crippen molar-refractivity contribution in [2.75, 3.05) is 51.0 Å². The number of carbonyl (C=O) groups excluding carboxylic acids is 1. The molecule has 0 aliphatic carbocycles. The van der Waals surface area contributed by atoms with E-state index in [9.17, 15) is 9.59 Å². The molecule has 9 heteroatoms. The van der Waals surface area contributed by atoms with Crippen LogP contribution in [0.5, 0.6) is 5.75 Å². The molecular formula is C32H40IN3O4S. The number of pyridine rings is 1. The van der Waals surface area contributed by atoms with Gasteiger partial charge in [0.15, 0.2) is 0 Å². The number of H-pyrrole nitrogens is 1. The zero-order valence-electron chi connectivity index (χ0n) is 23.8. The fraction of sp³-hybridized carbons (Fsp3) is 0.438. The second-order valence-electron chi connectivity index (χ2n) is 10.8. The quantitative estimate of drug-likeness (QED) is 0.101. The number of halogens is 1. The van der Waals surface area contributed by atoms with E-state index in [1.807, 2.05) is 24.3 Å². The van der Waals surface area contributed by atoms with Crippen molar-refractivity contribution in [1.82, 2.24) is 4.98 Å². The number of carbonyl (C=O) groups is 1. The molecule has 0 saturated carbocycles. The number of esters is 1. The van der Waals surface area contributed by atoms with Crippen LogP contribution in [0.4, 0.5) is 5.69 Å². The first-order valence-corrected chi connectivity index (χ1v) is 15.4. The summed E-state index contributed by atoms with van der Waals surface area (Å²) in [6.45, 7) is 7.91. The van der Waals surface area contributed by atoms with Gasteiger partial charge >= 0.3 is 5.97 Å². The number of fused-ring (bicyclic) bond motifs is 2. The van der Waals surface area contributed by atoms with Crippen LogP contribution in [-0.2, 0) is 9.53 Å². The number of unbranched alkanes of at least 4 members (excludes halogenated alkanes) is 3. The van der Waals surface area contributed by atoms with Gasteiger partial charge in [-0.2, -0.15) is 0 Å². The van der Waals surface area contributed by atoms with E-state index in [-0.39, 0.29) is 35.5 Å². The Morgan fingerprint density at radius 1 is 1.02 bits per heavy atom. The minimum absolute atomic E-state index is 0. The number of ether oxygens (including phenoxy) is 2. The van der Waals surface area contributed by atoms with Crippen LogP contribution in [0.1, 0.15) is 45.4 Å². The lowest BCUT2D eigenvalue weighted by Gasteiger charge is -2.45. The second kappa shape index (κ2) is 15.0. The van der Waals surface area contributed by atoms with E-state index in [2.05, 4.69) is 46.5 Å². The number of nitrogens with zero attached hydrogens (tertiary/aromatic N) is 2. The molecule has 7 nitrogen and oxygen atoms in total. The fourth-order valence-electron chi connectivity index (χ4n) is 5.56. The molecule has 0 bridgehead atoms. The highest BCUT2D eigenvalue weighted by atomic mass is 127. The smallest absolute Gasteiger partial charge is 0.310 e. The Balaban J connectivity index is 0.00000387. The van der Waals surface area contributed by atoms with Crippen LogP contribution in [0, 0.1) is 0 Å². The summed E-state index contributed by atoms with van der Waals surface area (Å²) >= 11 is 1.78. The van der Waals surface area contributed by atoms with Crippen molar-refractivity contribution in [2.24, 2.45) is 0 Å². The molecule has 2 aromatic carbocycles. The van der Waals surface area contributed by atoms with E-state index in [4.69, 9.17) is 9.47 Å². The van der Waals surface area contributed by atoms with Crippen LogP contribution < -0.4 is 39.2 Å². The largest absolute Gasteiger partial charge is 1.00 e. The molecule has 0 unspecified atom stereocenters. The number of aromatic nitrogens is 1. The Morgan fingerprint density at radius 2 is 1.85 bits per heavy atom. The van der Waals surface area contributed by atoms with Gasteiger partial charge in [0, 0.05) is 34.3 Å². The van der Waals surface area contributed by atoms with Gasteiger partial charge in [-0.1, -0.05) is 25.8 Å². The SMILES string of the molecule is CCCCCC(=O)OC[N+]1(CCCCOc2ccc3ccc(=O)[nH]c3c2)CCN(c2cccc3sccc23)CC1.[I-]. The van der Waals surface area contributed by atoms with E-state index in [0.717, 1.165) is 86.0 Å². The Bertz CT molecular complexity index is 1480. The molecule has 0 atom stereocenters. The molecule has 1 N–H and O–H groups in total. The number of aromatic amines is 1. The van der Waals surface area contributed by atoms with Gasteiger partial charge in [0.05, 0.1) is 44.8 Å². The van der Waals surface area contributed by atoms with Crippen molar-refractivity contribution in [3.63, 3.8) is 0 Å². The lowest BCUT2D eigenvalue weighted by atomic mass is 10.1. The molecule has 0 amide bonds. The third-order valence-corrected chi connectivity index (χ3v) is 8.86. The van der Waals surface area contributed by atoms with Gasteiger partial charge in [-0.05, 0) is 66.4 Å². The summed E-state index contributed by atoms with van der Waals surface area (Å²) in [5.41, 5.74) is 1.97. The third-order valence-electron chi connectivity index (χ3n) is 7.98. The Labute approximate surface area is 263 Å². The highest BCUT2D eigenvalue weighted by Gasteiger charge is 2.34. The predicted octanol–water partition coefficient (Wildman–Crippen LogP) is 3.32. The van der Waals surface area contributed by atoms with E-state index in [1.165, 1.54) is 21.8 Å². The number of benzene rings is 2. The summed E-state index contributed by atoms with van der Waals surface area (Å²) in [6.07, 6.45) is 5.45. The third kappa shape index (κ3) is 8.23. The van der Waals surface area contributed by atoms with Crippen LogP contribution in [-0.4, -0.2) is 61.5 Å². The molecule has 1 saturated heterocycles. The number of thiophene rings is 1. The molecule has 5 rings (SSSR count). The van der Waals surface area contributed by atoms with Crippen molar-refractivity contribution in [3.8, 4) is 5.75 Å². The van der Waals surface area contributed by atoms with E-state index in [0.29, 0.717) is 19.8 Å². The maximum Gasteiger partial charge on any atom is 0.310 e. The van der Waals surface area contributed by atoms with Crippen LogP contribution in [0.3, 0.4) is 0 Å². The zero-order valence-corrected chi connectivity index (χ0v) is 26.8. The van der Waals surface area contributed by atoms with Crippen molar-refractivity contribution in [1.29, 1.82) is 0 Å². The molecule has 41 heavy (non-hydrogen) atoms. The van der Waals surface area contributed by atoms with E-state index >= 15 is 0 Å². The summed E-state index contributed by atoms with van der Waals surface area (Å²) in [7, 11) is 0. The van der Waals surface area contributed by atoms with Gasteiger partial charge in [0.2, 0.25) is 12.3 Å². The molecule has 0 radical (unpaired) electrons. The fourth-order valence-corrected chi connectivity index (χ4v) is 6.37. The number of hydrogen-bond donors (Lipinski definition) is 1. The first kappa shape index (κ1) is 31.3. The summed E-state index contributed by atoms with van der Waals surface area (Å²) in [5.74, 6) is 0.685. The van der Waals surface area contributed by atoms with Crippen LogP contribution in [0.15, 0.2) is 64.8 Å². The lowest BCUT2D eigenvalue weighted by Crippen LogP contribution is -3.00. The average molecular weight is 690 g/mol. The Kier molecular flexibility index (Phi) is 11.5. The van der Waals surface area contributed by atoms with Crippen LogP contribution in [0.25, 0.3) is 21.0 Å². The van der Waals surface area contributed by atoms with Crippen molar-refractivity contribution in [2.45, 2.75) is 45.4 Å². The van der Waals surface area contributed by atoms with Gasteiger partial charge in [-0.25, -0.2) is 0 Å². The number of anilines is 1. The Hall–Kier alpha value is -2.63. The summed E-state index contributed by atoms with van der Waals surface area (Å²) in [6, 6.07) is 17.9. The van der Waals surface area contributed by atoms with E-state index < -0.39 is 0 Å². The number of nitrogens with one attached hydrogen (secondary N) is 1. The van der Waals surface area contributed by atoms with Gasteiger partial charge in [-0.3, -0.25) is 14.1 Å². The molecule has 1 aliphatic heterocycles. The highest BCUT2D eigenvalue weighted by Crippen LogP contribution is 2.32. The minimum atomic E-state index is -0.114. The number of quaternary nitrogens is 1. The van der Waals surface area contributed by atoms with E-state index in [1.54, 1.807) is 11.3 Å². The van der Waals surface area contributed by atoms with Gasteiger partial charge < -0.3 is 43.3 Å².